The molecule has 0 fully saturated rings. The Hall–Kier alpha value is -2.55. The first kappa shape index (κ1) is 18.8. The third-order valence-corrected chi connectivity index (χ3v) is 4.17. The van der Waals surface area contributed by atoms with Crippen LogP contribution in [-0.2, 0) is 16.0 Å². The summed E-state index contributed by atoms with van der Waals surface area (Å²) in [5.41, 5.74) is 1.87. The molecule has 1 aliphatic rings. The van der Waals surface area contributed by atoms with Crippen molar-refractivity contribution in [2.45, 2.75) is 45.3 Å². The number of carbonyl (C=O) groups excluding carboxylic acids is 2. The van der Waals surface area contributed by atoms with Gasteiger partial charge < -0.3 is 9.64 Å². The highest BCUT2D eigenvalue weighted by atomic mass is 16.6. The second kappa shape index (κ2) is 7.14. The van der Waals surface area contributed by atoms with Crippen LogP contribution in [0, 0.1) is 11.3 Å². The lowest BCUT2D eigenvalue weighted by Gasteiger charge is -2.32. The van der Waals surface area contributed by atoms with Crippen molar-refractivity contribution < 1.29 is 14.3 Å². The van der Waals surface area contributed by atoms with Crippen LogP contribution in [0.1, 0.15) is 49.9 Å². The van der Waals surface area contributed by atoms with Crippen molar-refractivity contribution in [1.82, 2.24) is 9.80 Å². The van der Waals surface area contributed by atoms with Crippen LogP contribution in [0.2, 0.25) is 0 Å². The number of benzene rings is 1. The fourth-order valence-electron chi connectivity index (χ4n) is 2.97. The third kappa shape index (κ3) is 4.30. The van der Waals surface area contributed by atoms with E-state index < -0.39 is 11.7 Å². The minimum atomic E-state index is -0.646. The van der Waals surface area contributed by atoms with Crippen LogP contribution in [0.3, 0.4) is 0 Å². The second-order valence-electron chi connectivity index (χ2n) is 7.44. The van der Waals surface area contributed by atoms with Gasteiger partial charge in [0.15, 0.2) is 0 Å². The van der Waals surface area contributed by atoms with Crippen molar-refractivity contribution in [1.29, 1.82) is 5.26 Å². The molecule has 0 aromatic heterocycles. The minimum absolute atomic E-state index is 0.0528. The maximum atomic E-state index is 12.7. The average Bonchev–Trinajstić information content (AvgIpc) is 2.94. The topological polar surface area (TPSA) is 73.6 Å². The van der Waals surface area contributed by atoms with Crippen LogP contribution in [0.15, 0.2) is 18.2 Å². The maximum absolute atomic E-state index is 12.7. The van der Waals surface area contributed by atoms with Gasteiger partial charge >= 0.3 is 6.09 Å². The lowest BCUT2D eigenvalue weighted by Crippen LogP contribution is -2.44. The Balaban J connectivity index is 2.36. The van der Waals surface area contributed by atoms with Gasteiger partial charge in [0.1, 0.15) is 12.1 Å². The molecule has 1 aliphatic carbocycles. The molecule has 0 saturated carbocycles. The molecular formula is C19H25N3O3. The highest BCUT2D eigenvalue weighted by Crippen LogP contribution is 2.38. The Morgan fingerprint density at radius 1 is 1.32 bits per heavy atom. The van der Waals surface area contributed by atoms with Crippen molar-refractivity contribution in [3.8, 4) is 6.07 Å². The van der Waals surface area contributed by atoms with E-state index in [-0.39, 0.29) is 18.5 Å². The number of nitriles is 1. The van der Waals surface area contributed by atoms with E-state index in [0.29, 0.717) is 18.4 Å². The van der Waals surface area contributed by atoms with Crippen LogP contribution >= 0.6 is 0 Å². The molecule has 0 unspecified atom stereocenters. The van der Waals surface area contributed by atoms with Gasteiger partial charge in [-0.2, -0.15) is 5.26 Å². The Morgan fingerprint density at radius 2 is 2.00 bits per heavy atom. The van der Waals surface area contributed by atoms with Gasteiger partial charge in [-0.25, -0.2) is 4.79 Å². The molecule has 0 saturated heterocycles. The first-order valence-electron chi connectivity index (χ1n) is 8.35. The maximum Gasteiger partial charge on any atom is 0.411 e. The molecule has 0 spiro atoms. The van der Waals surface area contributed by atoms with Gasteiger partial charge in [0.25, 0.3) is 0 Å². The van der Waals surface area contributed by atoms with Crippen molar-refractivity contribution >= 4 is 12.0 Å². The van der Waals surface area contributed by atoms with E-state index in [1.807, 2.05) is 12.1 Å². The van der Waals surface area contributed by atoms with E-state index in [4.69, 9.17) is 4.74 Å². The number of fused-ring (bicyclic) bond motifs is 1. The lowest BCUT2D eigenvalue weighted by molar-refractivity contribution is -0.130. The number of ether oxygens (including phenoxy) is 1. The number of nitrogens with zero attached hydrogens (tertiary/aromatic N) is 3. The largest absolute Gasteiger partial charge is 0.444 e. The van der Waals surface area contributed by atoms with Gasteiger partial charge in [-0.1, -0.05) is 12.1 Å². The molecule has 1 aromatic carbocycles. The molecule has 0 radical (unpaired) electrons. The molecule has 6 heteroatoms. The van der Waals surface area contributed by atoms with Gasteiger partial charge in [0.05, 0.1) is 17.7 Å². The Kier molecular flexibility index (Phi) is 5.36. The molecule has 0 heterocycles. The summed E-state index contributed by atoms with van der Waals surface area (Å²) < 4.78 is 5.52. The Labute approximate surface area is 149 Å². The number of hydrogen-bond donors (Lipinski definition) is 0. The van der Waals surface area contributed by atoms with E-state index in [2.05, 4.69) is 6.07 Å². The third-order valence-electron chi connectivity index (χ3n) is 4.17. The molecule has 1 aromatic rings. The normalized spacial score (nSPS) is 15.9. The zero-order chi connectivity index (χ0) is 18.8. The van der Waals surface area contributed by atoms with E-state index in [1.165, 1.54) is 9.80 Å². The van der Waals surface area contributed by atoms with Gasteiger partial charge in [-0.05, 0) is 50.8 Å². The minimum Gasteiger partial charge on any atom is -0.444 e. The van der Waals surface area contributed by atoms with Crippen molar-refractivity contribution in [2.24, 2.45) is 0 Å². The number of likely N-dealkylation sites (N-methyl/N-ethyl adjacent to an activating group) is 1. The van der Waals surface area contributed by atoms with Crippen LogP contribution in [-0.4, -0.2) is 48.0 Å². The van der Waals surface area contributed by atoms with Crippen LogP contribution in [0.25, 0.3) is 0 Å². The molecule has 134 valence electrons. The zero-order valence-corrected chi connectivity index (χ0v) is 15.5. The quantitative estimate of drug-likeness (QED) is 0.846. The summed E-state index contributed by atoms with van der Waals surface area (Å²) in [7, 11) is 3.32. The lowest BCUT2D eigenvalue weighted by atomic mass is 10.0. The molecule has 6 nitrogen and oxygen atoms in total. The van der Waals surface area contributed by atoms with Gasteiger partial charge in [0.2, 0.25) is 5.91 Å². The summed E-state index contributed by atoms with van der Waals surface area (Å²) >= 11 is 0. The predicted molar refractivity (Wildman–Crippen MR) is 93.9 cm³/mol. The van der Waals surface area contributed by atoms with E-state index in [0.717, 1.165) is 11.1 Å². The summed E-state index contributed by atoms with van der Waals surface area (Å²) in [5, 5.41) is 9.29. The molecule has 2 rings (SSSR count). The zero-order valence-electron chi connectivity index (χ0n) is 15.5. The highest BCUT2D eigenvalue weighted by molar-refractivity contribution is 5.82. The van der Waals surface area contributed by atoms with Crippen molar-refractivity contribution in [3.05, 3.63) is 34.9 Å². The van der Waals surface area contributed by atoms with Crippen molar-refractivity contribution in [3.63, 3.8) is 0 Å². The summed E-state index contributed by atoms with van der Waals surface area (Å²) in [4.78, 5) is 27.9. The number of rotatable bonds is 3. The summed E-state index contributed by atoms with van der Waals surface area (Å²) in [6.07, 6.45) is 0.871. The Bertz CT molecular complexity index is 714. The summed E-state index contributed by atoms with van der Waals surface area (Å²) in [6, 6.07) is 7.46. The SMILES string of the molecule is CN(C)C(=O)CN(C(=O)OC(C)(C)C)[C@H]1CCc2c(C#N)cccc21. The smallest absolute Gasteiger partial charge is 0.411 e. The first-order valence-corrected chi connectivity index (χ1v) is 8.35. The molecule has 2 amide bonds. The van der Waals surface area contributed by atoms with Gasteiger partial charge in [-0.15, -0.1) is 0 Å². The van der Waals surface area contributed by atoms with E-state index in [1.54, 1.807) is 40.9 Å². The monoisotopic (exact) mass is 343 g/mol. The first-order chi connectivity index (χ1) is 11.6. The molecular weight excluding hydrogens is 318 g/mol. The van der Waals surface area contributed by atoms with E-state index >= 15 is 0 Å². The standard InChI is InChI=1S/C19H25N3O3/c1-19(2,3)25-18(24)22(12-17(23)21(4)5)16-10-9-14-13(11-20)7-6-8-15(14)16/h6-8,16H,9-10,12H2,1-5H3/t16-/m0/s1. The summed E-state index contributed by atoms with van der Waals surface area (Å²) in [6.45, 7) is 5.34. The number of carbonyl (C=O) groups is 2. The molecule has 0 N–H and O–H groups in total. The molecule has 25 heavy (non-hydrogen) atoms. The molecule has 1 atom stereocenters. The van der Waals surface area contributed by atoms with E-state index in [9.17, 15) is 14.9 Å². The van der Waals surface area contributed by atoms with Crippen LogP contribution in [0.5, 0.6) is 0 Å². The fourth-order valence-corrected chi connectivity index (χ4v) is 2.97. The second-order valence-corrected chi connectivity index (χ2v) is 7.44. The average molecular weight is 343 g/mol. The molecule has 0 aliphatic heterocycles. The Morgan fingerprint density at radius 3 is 2.56 bits per heavy atom. The van der Waals surface area contributed by atoms with Crippen LogP contribution in [0.4, 0.5) is 4.79 Å². The van der Waals surface area contributed by atoms with Gasteiger partial charge in [-0.3, -0.25) is 9.69 Å². The molecule has 0 bridgehead atoms. The van der Waals surface area contributed by atoms with Gasteiger partial charge in [0, 0.05) is 14.1 Å². The van der Waals surface area contributed by atoms with Crippen molar-refractivity contribution in [2.75, 3.05) is 20.6 Å². The fraction of sp³-hybridized carbons (Fsp3) is 0.526. The van der Waals surface area contributed by atoms with Crippen LogP contribution < -0.4 is 0 Å². The number of amides is 2. The highest BCUT2D eigenvalue weighted by Gasteiger charge is 2.35. The predicted octanol–water partition coefficient (Wildman–Crippen LogP) is 2.87. The summed E-state index contributed by atoms with van der Waals surface area (Å²) in [5.74, 6) is -0.171. The number of hydrogen-bond acceptors (Lipinski definition) is 4.